The lowest BCUT2D eigenvalue weighted by Gasteiger charge is -2.32. The van der Waals surface area contributed by atoms with Gasteiger partial charge >= 0.3 is 5.97 Å². The van der Waals surface area contributed by atoms with Crippen molar-refractivity contribution in [2.75, 3.05) is 0 Å². The van der Waals surface area contributed by atoms with Gasteiger partial charge in [-0.1, -0.05) is 0 Å². The number of nitrogens with two attached hydrogens (primary N) is 1. The first-order chi connectivity index (χ1) is 10.9. The van der Waals surface area contributed by atoms with Crippen LogP contribution in [0.3, 0.4) is 0 Å². The molecule has 1 saturated carbocycles. The molecule has 2 rings (SSSR count). The van der Waals surface area contributed by atoms with Crippen LogP contribution in [0.25, 0.3) is 0 Å². The molecule has 0 heterocycles. The van der Waals surface area contributed by atoms with Crippen molar-refractivity contribution in [1.82, 2.24) is 0 Å². The van der Waals surface area contributed by atoms with E-state index < -0.39 is 10.9 Å². The van der Waals surface area contributed by atoms with Crippen LogP contribution in [-0.2, 0) is 4.74 Å². The Hall–Kier alpha value is -2.29. The van der Waals surface area contributed by atoms with Crippen LogP contribution in [0.15, 0.2) is 34.4 Å². The van der Waals surface area contributed by atoms with Gasteiger partial charge in [-0.25, -0.2) is 4.79 Å². The van der Waals surface area contributed by atoms with E-state index >= 15 is 0 Å². The van der Waals surface area contributed by atoms with Gasteiger partial charge < -0.3 is 10.6 Å². The summed E-state index contributed by atoms with van der Waals surface area (Å²) < 4.78 is 5.82. The van der Waals surface area contributed by atoms with E-state index in [1.165, 1.54) is 24.3 Å². The van der Waals surface area contributed by atoms with Crippen molar-refractivity contribution >= 4 is 37.9 Å². The summed E-state index contributed by atoms with van der Waals surface area (Å²) >= 11 is 3.19. The number of nitro groups is 1. The van der Waals surface area contributed by atoms with Crippen molar-refractivity contribution in [1.29, 1.82) is 0 Å². The molecule has 0 spiro atoms. The number of non-ortho nitro benzene ring substituents is 1. The first-order valence-electron chi connectivity index (χ1n) is 6.84. The van der Waals surface area contributed by atoms with E-state index in [0.29, 0.717) is 23.2 Å². The number of esters is 1. The number of carbonyl (C=O) groups excluding carboxylic acids is 1. The lowest BCUT2D eigenvalue weighted by molar-refractivity contribution is -0.384. The van der Waals surface area contributed by atoms with Gasteiger partial charge in [-0.3, -0.25) is 15.1 Å². The van der Waals surface area contributed by atoms with E-state index in [-0.39, 0.29) is 23.4 Å². The maximum Gasteiger partial charge on any atom is 0.338 e. The minimum Gasteiger partial charge on any atom is -0.459 e. The molecule has 0 aliphatic heterocycles. The topological polar surface area (TPSA) is 120 Å². The number of hydrazone groups is 1. The Morgan fingerprint density at radius 1 is 1.39 bits per heavy atom. The van der Waals surface area contributed by atoms with E-state index in [1.54, 1.807) is 6.92 Å². The maximum atomic E-state index is 11.9. The number of rotatable bonds is 5. The van der Waals surface area contributed by atoms with Crippen LogP contribution in [0.5, 0.6) is 0 Å². The highest BCUT2D eigenvalue weighted by Gasteiger charge is 2.32. The Balaban J connectivity index is 1.85. The van der Waals surface area contributed by atoms with Crippen LogP contribution in [0.2, 0.25) is 0 Å². The number of halogens is 1. The second kappa shape index (κ2) is 7.32. The molecule has 0 amide bonds. The molecule has 122 valence electrons. The van der Waals surface area contributed by atoms with Gasteiger partial charge in [-0.2, -0.15) is 5.10 Å². The van der Waals surface area contributed by atoms with Gasteiger partial charge in [-0.15, -0.1) is 0 Å². The van der Waals surface area contributed by atoms with Crippen molar-refractivity contribution in [2.24, 2.45) is 15.9 Å². The molecule has 1 aliphatic carbocycles. The third kappa shape index (κ3) is 4.35. The van der Waals surface area contributed by atoms with Gasteiger partial charge in [0.15, 0.2) is 0 Å². The molecule has 0 bridgehead atoms. The van der Waals surface area contributed by atoms with E-state index in [0.717, 1.165) is 0 Å². The van der Waals surface area contributed by atoms with Crippen LogP contribution >= 0.6 is 15.9 Å². The third-order valence-electron chi connectivity index (χ3n) is 3.45. The molecule has 23 heavy (non-hydrogen) atoms. The highest BCUT2D eigenvalue weighted by molar-refractivity contribution is 9.19. The zero-order valence-corrected chi connectivity index (χ0v) is 13.9. The molecular weight excluding hydrogens is 368 g/mol. The predicted molar refractivity (Wildman–Crippen MR) is 89.0 cm³/mol. The monoisotopic (exact) mass is 382 g/mol. The SMILES string of the molecule is CC(=NC1CC(OC(=O)c2ccc([N+](=O)[O-])cc2)C1)/C(Br)=N\N. The van der Waals surface area contributed by atoms with Crippen LogP contribution < -0.4 is 5.84 Å². The van der Waals surface area contributed by atoms with E-state index in [9.17, 15) is 14.9 Å². The molecule has 9 heteroatoms. The van der Waals surface area contributed by atoms with Crippen molar-refractivity contribution < 1.29 is 14.5 Å². The number of benzene rings is 1. The Morgan fingerprint density at radius 2 is 2.00 bits per heavy atom. The molecule has 0 aromatic heterocycles. The number of ether oxygens (including phenoxy) is 1. The summed E-state index contributed by atoms with van der Waals surface area (Å²) in [5.74, 6) is 4.65. The van der Waals surface area contributed by atoms with Crippen LogP contribution in [0.4, 0.5) is 5.69 Å². The molecule has 1 aromatic carbocycles. The fourth-order valence-corrected chi connectivity index (χ4v) is 2.20. The average molecular weight is 383 g/mol. The van der Waals surface area contributed by atoms with Gasteiger partial charge in [0.1, 0.15) is 10.7 Å². The molecule has 0 atom stereocenters. The number of aliphatic imine (C=N–C) groups is 1. The number of hydrogen-bond donors (Lipinski definition) is 1. The van der Waals surface area contributed by atoms with E-state index in [2.05, 4.69) is 26.0 Å². The summed E-state index contributed by atoms with van der Waals surface area (Å²) in [5.41, 5.74) is 0.914. The fourth-order valence-electron chi connectivity index (χ4n) is 2.10. The summed E-state index contributed by atoms with van der Waals surface area (Å²) in [5, 5.41) is 14.1. The van der Waals surface area contributed by atoms with Gasteiger partial charge in [0, 0.05) is 25.0 Å². The predicted octanol–water partition coefficient (Wildman–Crippen LogP) is 2.41. The molecule has 0 unspecified atom stereocenters. The van der Waals surface area contributed by atoms with Crippen molar-refractivity contribution in [3.63, 3.8) is 0 Å². The van der Waals surface area contributed by atoms with Gasteiger partial charge in [0.05, 0.1) is 22.2 Å². The highest BCUT2D eigenvalue weighted by atomic mass is 79.9. The zero-order valence-electron chi connectivity index (χ0n) is 12.3. The molecule has 1 fully saturated rings. The first kappa shape index (κ1) is 17.1. The standard InChI is InChI=1S/C14H15BrN4O4/c1-8(13(15)18-16)17-10-6-12(7-10)23-14(20)9-2-4-11(5-3-9)19(21)22/h2-5,10,12H,6-7,16H2,1H3/b17-8?,18-13+. The van der Waals surface area contributed by atoms with Crippen molar-refractivity contribution in [3.8, 4) is 0 Å². The van der Waals surface area contributed by atoms with Gasteiger partial charge in [0.2, 0.25) is 0 Å². The minimum atomic E-state index is -0.519. The largest absolute Gasteiger partial charge is 0.459 e. The Kier molecular flexibility index (Phi) is 5.43. The van der Waals surface area contributed by atoms with Crippen LogP contribution in [0, 0.1) is 10.1 Å². The second-order valence-electron chi connectivity index (χ2n) is 5.09. The molecule has 1 aliphatic rings. The second-order valence-corrected chi connectivity index (χ2v) is 5.84. The lowest BCUT2D eigenvalue weighted by Crippen LogP contribution is -2.36. The highest BCUT2D eigenvalue weighted by Crippen LogP contribution is 2.28. The summed E-state index contributed by atoms with van der Waals surface area (Å²) in [6, 6.07) is 5.38. The number of hydrogen-bond acceptors (Lipinski definition) is 7. The number of nitrogens with zero attached hydrogens (tertiary/aromatic N) is 3. The Labute approximate surface area is 140 Å². The molecule has 0 saturated heterocycles. The van der Waals surface area contributed by atoms with Gasteiger partial charge in [0.25, 0.3) is 5.69 Å². The normalized spacial score (nSPS) is 21.5. The summed E-state index contributed by atoms with van der Waals surface area (Å²) in [6.45, 7) is 1.79. The Morgan fingerprint density at radius 3 is 2.52 bits per heavy atom. The number of nitro benzene ring substituents is 1. The van der Waals surface area contributed by atoms with Crippen molar-refractivity contribution in [2.45, 2.75) is 31.9 Å². The molecule has 1 aromatic rings. The maximum absolute atomic E-state index is 11.9. The summed E-state index contributed by atoms with van der Waals surface area (Å²) in [7, 11) is 0. The smallest absolute Gasteiger partial charge is 0.338 e. The van der Waals surface area contributed by atoms with Crippen molar-refractivity contribution in [3.05, 3.63) is 39.9 Å². The van der Waals surface area contributed by atoms with E-state index in [4.69, 9.17) is 10.6 Å². The molecule has 8 nitrogen and oxygen atoms in total. The lowest BCUT2D eigenvalue weighted by atomic mass is 9.89. The third-order valence-corrected chi connectivity index (χ3v) is 4.22. The summed E-state index contributed by atoms with van der Waals surface area (Å²) in [6.07, 6.45) is 1.05. The van der Waals surface area contributed by atoms with E-state index in [1.807, 2.05) is 0 Å². The molecule has 0 radical (unpaired) electrons. The quantitative estimate of drug-likeness (QED) is 0.275. The van der Waals surface area contributed by atoms with Crippen LogP contribution in [-0.4, -0.2) is 33.4 Å². The van der Waals surface area contributed by atoms with Crippen LogP contribution in [0.1, 0.15) is 30.1 Å². The number of carbonyl (C=O) groups is 1. The fraction of sp³-hybridized carbons (Fsp3) is 0.357. The molecule has 2 N–H and O–H groups in total. The average Bonchev–Trinajstić information content (AvgIpc) is 2.51. The zero-order chi connectivity index (χ0) is 17.0. The minimum absolute atomic E-state index is 0.0674. The summed E-state index contributed by atoms with van der Waals surface area (Å²) in [4.78, 5) is 26.4. The van der Waals surface area contributed by atoms with Gasteiger partial charge in [-0.05, 0) is 35.0 Å². The Bertz CT molecular complexity index is 666. The first-order valence-corrected chi connectivity index (χ1v) is 7.63. The molecular formula is C14H15BrN4O4.